The summed E-state index contributed by atoms with van der Waals surface area (Å²) in [5.74, 6) is 0. The number of thiophene rings is 1. The first-order chi connectivity index (χ1) is 9.85. The van der Waals surface area contributed by atoms with Crippen molar-refractivity contribution < 1.29 is 0 Å². The number of hydrogen-bond donors (Lipinski definition) is 1. The summed E-state index contributed by atoms with van der Waals surface area (Å²) in [5.41, 5.74) is 3.19. The van der Waals surface area contributed by atoms with Gasteiger partial charge in [-0.25, -0.2) is 0 Å². The second kappa shape index (κ2) is 5.98. The summed E-state index contributed by atoms with van der Waals surface area (Å²) in [6.45, 7) is 3.11. The summed E-state index contributed by atoms with van der Waals surface area (Å²) in [5, 5.41) is 14.2. The third-order valence-corrected chi connectivity index (χ3v) is 4.50. The van der Waals surface area contributed by atoms with Crippen LogP contribution < -0.4 is 10.2 Å². The minimum absolute atomic E-state index is 0.748. The Balaban J connectivity index is 1.65. The predicted octanol–water partition coefficient (Wildman–Crippen LogP) is 3.83. The highest BCUT2D eigenvalue weighted by atomic mass is 32.1. The maximum Gasteiger partial charge on any atom is 0.100 e. The van der Waals surface area contributed by atoms with E-state index < -0.39 is 0 Å². The Hall–Kier alpha value is -1.99. The van der Waals surface area contributed by atoms with Gasteiger partial charge in [0.05, 0.1) is 5.56 Å². The predicted molar refractivity (Wildman–Crippen MR) is 84.2 cm³/mol. The lowest BCUT2D eigenvalue weighted by molar-refractivity contribution is 0.949. The highest BCUT2D eigenvalue weighted by molar-refractivity contribution is 7.10. The van der Waals surface area contributed by atoms with Crippen LogP contribution in [-0.2, 0) is 6.54 Å². The van der Waals surface area contributed by atoms with Gasteiger partial charge in [-0.1, -0.05) is 6.07 Å². The lowest BCUT2D eigenvalue weighted by Crippen LogP contribution is -2.17. The average molecular weight is 283 g/mol. The number of benzene rings is 1. The molecule has 102 valence electrons. The van der Waals surface area contributed by atoms with Crippen molar-refractivity contribution in [3.05, 3.63) is 46.2 Å². The van der Waals surface area contributed by atoms with E-state index in [1.807, 2.05) is 11.4 Å². The molecule has 1 saturated heterocycles. The van der Waals surface area contributed by atoms with Gasteiger partial charge >= 0.3 is 0 Å². The van der Waals surface area contributed by atoms with Crippen LogP contribution in [0.2, 0.25) is 0 Å². The standard InChI is InChI=1S/C16H17N3S/c17-10-13-8-16(20-12-13)11-18-14-4-3-5-15(9-14)19-6-1-2-7-19/h3-5,8-9,12,18H,1-2,6-7,11H2. The molecule has 3 rings (SSSR count). The Bertz CT molecular complexity index is 621. The lowest BCUT2D eigenvalue weighted by Gasteiger charge is -2.18. The molecule has 2 heterocycles. The molecule has 0 bridgehead atoms. The zero-order valence-corrected chi connectivity index (χ0v) is 12.1. The minimum atomic E-state index is 0.748. The van der Waals surface area contributed by atoms with Crippen molar-refractivity contribution in [1.82, 2.24) is 0 Å². The van der Waals surface area contributed by atoms with Gasteiger partial charge in [0.1, 0.15) is 6.07 Å². The topological polar surface area (TPSA) is 39.1 Å². The van der Waals surface area contributed by atoms with E-state index in [2.05, 4.69) is 40.6 Å². The first kappa shape index (κ1) is 13.0. The molecule has 3 nitrogen and oxygen atoms in total. The highest BCUT2D eigenvalue weighted by Gasteiger charge is 2.12. The van der Waals surface area contributed by atoms with E-state index >= 15 is 0 Å². The molecule has 2 aromatic rings. The number of anilines is 2. The third kappa shape index (κ3) is 2.94. The SMILES string of the molecule is N#Cc1csc(CNc2cccc(N3CCCC3)c2)c1. The monoisotopic (exact) mass is 283 g/mol. The normalized spacial score (nSPS) is 14.2. The van der Waals surface area contributed by atoms with Crippen LogP contribution in [0.25, 0.3) is 0 Å². The molecular weight excluding hydrogens is 266 g/mol. The van der Waals surface area contributed by atoms with Gasteiger partial charge in [0, 0.05) is 41.3 Å². The molecule has 20 heavy (non-hydrogen) atoms. The molecule has 1 fully saturated rings. The molecule has 1 aliphatic rings. The summed E-state index contributed by atoms with van der Waals surface area (Å²) in [4.78, 5) is 3.62. The quantitative estimate of drug-likeness (QED) is 0.926. The van der Waals surface area contributed by atoms with Crippen LogP contribution in [0.5, 0.6) is 0 Å². The Morgan fingerprint density at radius 1 is 1.25 bits per heavy atom. The highest BCUT2D eigenvalue weighted by Crippen LogP contribution is 2.24. The van der Waals surface area contributed by atoms with Gasteiger partial charge < -0.3 is 10.2 Å². The van der Waals surface area contributed by atoms with Gasteiger partial charge in [-0.2, -0.15) is 5.26 Å². The largest absolute Gasteiger partial charge is 0.380 e. The molecule has 1 aliphatic heterocycles. The smallest absolute Gasteiger partial charge is 0.100 e. The number of nitrogens with one attached hydrogen (secondary N) is 1. The van der Waals surface area contributed by atoms with Crippen LogP contribution in [0.1, 0.15) is 23.3 Å². The van der Waals surface area contributed by atoms with E-state index in [1.165, 1.54) is 36.5 Å². The van der Waals surface area contributed by atoms with E-state index in [0.717, 1.165) is 17.8 Å². The average Bonchev–Trinajstić information content (AvgIpc) is 3.17. The number of nitriles is 1. The fourth-order valence-corrected chi connectivity index (χ4v) is 3.26. The molecule has 1 aromatic heterocycles. The van der Waals surface area contributed by atoms with E-state index in [-0.39, 0.29) is 0 Å². The van der Waals surface area contributed by atoms with Gasteiger partial charge in [0.2, 0.25) is 0 Å². The van der Waals surface area contributed by atoms with E-state index in [9.17, 15) is 0 Å². The zero-order chi connectivity index (χ0) is 13.8. The van der Waals surface area contributed by atoms with Crippen molar-refractivity contribution in [1.29, 1.82) is 5.26 Å². The maximum atomic E-state index is 8.82. The molecule has 1 N–H and O–H groups in total. The van der Waals surface area contributed by atoms with Crippen LogP contribution in [0, 0.1) is 11.3 Å². The Morgan fingerprint density at radius 2 is 2.10 bits per heavy atom. The minimum Gasteiger partial charge on any atom is -0.380 e. The molecular formula is C16H17N3S. The molecule has 0 saturated carbocycles. The maximum absolute atomic E-state index is 8.82. The second-order valence-corrected chi connectivity index (χ2v) is 6.01. The Morgan fingerprint density at radius 3 is 2.85 bits per heavy atom. The van der Waals surface area contributed by atoms with E-state index in [4.69, 9.17) is 5.26 Å². The molecule has 1 aromatic carbocycles. The van der Waals surface area contributed by atoms with Crippen molar-refractivity contribution in [2.75, 3.05) is 23.3 Å². The molecule has 0 radical (unpaired) electrons. The van der Waals surface area contributed by atoms with Gasteiger partial charge in [-0.05, 0) is 37.1 Å². The summed E-state index contributed by atoms with van der Waals surface area (Å²) >= 11 is 1.63. The summed E-state index contributed by atoms with van der Waals surface area (Å²) in [6.07, 6.45) is 2.59. The fourth-order valence-electron chi connectivity index (χ4n) is 2.51. The fraction of sp³-hybridized carbons (Fsp3) is 0.312. The molecule has 0 aliphatic carbocycles. The first-order valence-electron chi connectivity index (χ1n) is 6.91. The van der Waals surface area contributed by atoms with Crippen molar-refractivity contribution in [3.63, 3.8) is 0 Å². The van der Waals surface area contributed by atoms with Crippen molar-refractivity contribution in [3.8, 4) is 6.07 Å². The number of nitrogens with zero attached hydrogens (tertiary/aromatic N) is 2. The molecule has 0 amide bonds. The van der Waals surface area contributed by atoms with E-state index in [0.29, 0.717) is 0 Å². The van der Waals surface area contributed by atoms with Crippen LogP contribution in [0.15, 0.2) is 35.7 Å². The Kier molecular flexibility index (Phi) is 3.89. The summed E-state index contributed by atoms with van der Waals surface area (Å²) < 4.78 is 0. The van der Waals surface area contributed by atoms with Crippen LogP contribution in [-0.4, -0.2) is 13.1 Å². The molecule has 0 spiro atoms. The summed E-state index contributed by atoms with van der Waals surface area (Å²) in [7, 11) is 0. The lowest BCUT2D eigenvalue weighted by atomic mass is 10.2. The van der Waals surface area contributed by atoms with Gasteiger partial charge in [0.25, 0.3) is 0 Å². The summed E-state index contributed by atoms with van der Waals surface area (Å²) in [6, 6.07) is 12.7. The van der Waals surface area contributed by atoms with E-state index in [1.54, 1.807) is 11.3 Å². The van der Waals surface area contributed by atoms with Crippen molar-refractivity contribution in [2.24, 2.45) is 0 Å². The van der Waals surface area contributed by atoms with Crippen molar-refractivity contribution >= 4 is 22.7 Å². The third-order valence-electron chi connectivity index (χ3n) is 3.57. The van der Waals surface area contributed by atoms with Gasteiger partial charge in [-0.15, -0.1) is 11.3 Å². The van der Waals surface area contributed by atoms with Gasteiger partial charge in [0.15, 0.2) is 0 Å². The molecule has 0 atom stereocenters. The van der Waals surface area contributed by atoms with Crippen LogP contribution >= 0.6 is 11.3 Å². The van der Waals surface area contributed by atoms with Gasteiger partial charge in [-0.3, -0.25) is 0 Å². The van der Waals surface area contributed by atoms with Crippen LogP contribution in [0.3, 0.4) is 0 Å². The van der Waals surface area contributed by atoms with Crippen molar-refractivity contribution in [2.45, 2.75) is 19.4 Å². The second-order valence-electron chi connectivity index (χ2n) is 5.01. The Labute approximate surface area is 123 Å². The first-order valence-corrected chi connectivity index (χ1v) is 7.79. The number of hydrogen-bond acceptors (Lipinski definition) is 4. The zero-order valence-electron chi connectivity index (χ0n) is 11.3. The molecule has 0 unspecified atom stereocenters. The van der Waals surface area contributed by atoms with Crippen LogP contribution in [0.4, 0.5) is 11.4 Å². The molecule has 4 heteroatoms. The number of rotatable bonds is 4.